The molecule has 1 unspecified atom stereocenters. The zero-order chi connectivity index (χ0) is 15.8. The lowest BCUT2D eigenvalue weighted by molar-refractivity contribution is 0.224. The van der Waals surface area contributed by atoms with E-state index in [-0.39, 0.29) is 18.7 Å². The Morgan fingerprint density at radius 1 is 1.14 bits per heavy atom. The van der Waals surface area contributed by atoms with Crippen molar-refractivity contribution in [2.24, 2.45) is 0 Å². The number of anilines is 1. The zero-order valence-electron chi connectivity index (χ0n) is 12.5. The van der Waals surface area contributed by atoms with Gasteiger partial charge in [0.05, 0.1) is 19.8 Å². The predicted octanol–water partition coefficient (Wildman–Crippen LogP) is 2.42. The lowest BCUT2D eigenvalue weighted by Crippen LogP contribution is -2.41. The Hall–Kier alpha value is -2.53. The highest BCUT2D eigenvalue weighted by Gasteiger charge is 2.12. The van der Waals surface area contributed by atoms with E-state index in [2.05, 4.69) is 10.6 Å². The predicted molar refractivity (Wildman–Crippen MR) is 86.2 cm³/mol. The van der Waals surface area contributed by atoms with Gasteiger partial charge in [-0.3, -0.25) is 0 Å². The maximum Gasteiger partial charge on any atom is 0.319 e. The number of aliphatic hydroxyl groups is 1. The molecule has 0 bridgehead atoms. The maximum absolute atomic E-state index is 12.0. The van der Waals surface area contributed by atoms with Gasteiger partial charge in [0.1, 0.15) is 5.75 Å². The minimum atomic E-state index is -0.347. The van der Waals surface area contributed by atoms with Crippen molar-refractivity contribution < 1.29 is 14.6 Å². The molecule has 0 aliphatic carbocycles. The van der Waals surface area contributed by atoms with E-state index in [1.54, 1.807) is 31.4 Å². The van der Waals surface area contributed by atoms with Crippen molar-refractivity contribution in [1.82, 2.24) is 5.32 Å². The number of aliphatic hydroxyl groups excluding tert-OH is 1. The first-order valence-corrected chi connectivity index (χ1v) is 7.07. The van der Waals surface area contributed by atoms with Crippen molar-refractivity contribution in [3.8, 4) is 5.75 Å². The summed E-state index contributed by atoms with van der Waals surface area (Å²) in [5, 5.41) is 14.9. The number of rotatable bonds is 6. The standard InChI is InChI=1S/C17H20N2O3/c1-22-16-9-7-14(8-10-16)18-17(21)19-15(12-20)11-13-5-3-2-4-6-13/h2-10,15,20H,11-12H2,1H3,(H2,18,19,21). The molecule has 0 fully saturated rings. The second kappa shape index (κ2) is 8.05. The molecule has 1 atom stereocenters. The molecular formula is C17H20N2O3. The van der Waals surface area contributed by atoms with Gasteiger partial charge in [0.15, 0.2) is 0 Å². The van der Waals surface area contributed by atoms with E-state index in [4.69, 9.17) is 4.74 Å². The quantitative estimate of drug-likeness (QED) is 0.767. The first-order chi connectivity index (χ1) is 10.7. The topological polar surface area (TPSA) is 70.6 Å². The Bertz CT molecular complexity index is 585. The Morgan fingerprint density at radius 2 is 1.82 bits per heavy atom. The molecule has 0 heterocycles. The summed E-state index contributed by atoms with van der Waals surface area (Å²) in [5.74, 6) is 0.725. The highest BCUT2D eigenvalue weighted by molar-refractivity contribution is 5.89. The normalized spacial score (nSPS) is 11.5. The lowest BCUT2D eigenvalue weighted by atomic mass is 10.1. The lowest BCUT2D eigenvalue weighted by Gasteiger charge is -2.17. The third-order valence-electron chi connectivity index (χ3n) is 3.23. The van der Waals surface area contributed by atoms with Crippen LogP contribution in [-0.2, 0) is 6.42 Å². The van der Waals surface area contributed by atoms with Crippen LogP contribution in [0, 0.1) is 0 Å². The van der Waals surface area contributed by atoms with Crippen LogP contribution in [0.5, 0.6) is 5.75 Å². The monoisotopic (exact) mass is 300 g/mol. The van der Waals surface area contributed by atoms with E-state index in [1.807, 2.05) is 30.3 Å². The Balaban J connectivity index is 1.88. The average molecular weight is 300 g/mol. The Labute approximate surface area is 129 Å². The molecule has 116 valence electrons. The minimum Gasteiger partial charge on any atom is -0.497 e. The molecule has 0 aromatic heterocycles. The van der Waals surface area contributed by atoms with Crippen molar-refractivity contribution in [2.75, 3.05) is 19.0 Å². The van der Waals surface area contributed by atoms with E-state index in [9.17, 15) is 9.90 Å². The van der Waals surface area contributed by atoms with E-state index in [0.717, 1.165) is 11.3 Å². The van der Waals surface area contributed by atoms with Gasteiger partial charge in [-0.2, -0.15) is 0 Å². The summed E-state index contributed by atoms with van der Waals surface area (Å²) in [5.41, 5.74) is 1.72. The van der Waals surface area contributed by atoms with E-state index in [0.29, 0.717) is 12.1 Å². The van der Waals surface area contributed by atoms with Gasteiger partial charge in [0, 0.05) is 5.69 Å². The maximum atomic E-state index is 12.0. The molecule has 0 saturated carbocycles. The third-order valence-corrected chi connectivity index (χ3v) is 3.23. The molecule has 2 aromatic rings. The van der Waals surface area contributed by atoms with Crippen LogP contribution in [0.1, 0.15) is 5.56 Å². The fourth-order valence-corrected chi connectivity index (χ4v) is 2.09. The Morgan fingerprint density at radius 3 is 2.41 bits per heavy atom. The SMILES string of the molecule is COc1ccc(NC(=O)NC(CO)Cc2ccccc2)cc1. The number of hydrogen-bond donors (Lipinski definition) is 3. The molecule has 0 aliphatic heterocycles. The Kier molecular flexibility index (Phi) is 5.80. The second-order valence-corrected chi connectivity index (χ2v) is 4.90. The van der Waals surface area contributed by atoms with Crippen LogP contribution in [0.3, 0.4) is 0 Å². The fraction of sp³-hybridized carbons (Fsp3) is 0.235. The van der Waals surface area contributed by atoms with Gasteiger partial charge in [-0.25, -0.2) is 4.79 Å². The molecule has 3 N–H and O–H groups in total. The zero-order valence-corrected chi connectivity index (χ0v) is 12.5. The highest BCUT2D eigenvalue weighted by Crippen LogP contribution is 2.14. The van der Waals surface area contributed by atoms with Crippen LogP contribution in [-0.4, -0.2) is 30.9 Å². The molecule has 0 radical (unpaired) electrons. The van der Waals surface area contributed by atoms with Crippen molar-refractivity contribution in [3.63, 3.8) is 0 Å². The molecule has 0 saturated heterocycles. The summed E-state index contributed by atoms with van der Waals surface area (Å²) >= 11 is 0. The van der Waals surface area contributed by atoms with Crippen LogP contribution in [0.4, 0.5) is 10.5 Å². The van der Waals surface area contributed by atoms with Crippen LogP contribution < -0.4 is 15.4 Å². The number of nitrogens with one attached hydrogen (secondary N) is 2. The molecule has 0 aliphatic rings. The molecule has 2 amide bonds. The molecule has 2 rings (SSSR count). The second-order valence-electron chi connectivity index (χ2n) is 4.90. The van der Waals surface area contributed by atoms with Crippen LogP contribution in [0.15, 0.2) is 54.6 Å². The molecule has 5 nitrogen and oxygen atoms in total. The van der Waals surface area contributed by atoms with Crippen molar-refractivity contribution >= 4 is 11.7 Å². The first-order valence-electron chi connectivity index (χ1n) is 7.07. The third kappa shape index (κ3) is 4.79. The van der Waals surface area contributed by atoms with Gasteiger partial charge < -0.3 is 20.5 Å². The van der Waals surface area contributed by atoms with E-state index in [1.165, 1.54) is 0 Å². The number of carbonyl (C=O) groups is 1. The number of carbonyl (C=O) groups excluding carboxylic acids is 1. The number of urea groups is 1. The number of methoxy groups -OCH3 is 1. The van der Waals surface area contributed by atoms with Crippen LogP contribution >= 0.6 is 0 Å². The van der Waals surface area contributed by atoms with Gasteiger partial charge in [0.2, 0.25) is 0 Å². The summed E-state index contributed by atoms with van der Waals surface area (Å²) in [4.78, 5) is 12.0. The van der Waals surface area contributed by atoms with E-state index < -0.39 is 0 Å². The average Bonchev–Trinajstić information content (AvgIpc) is 2.56. The van der Waals surface area contributed by atoms with Gasteiger partial charge in [0.25, 0.3) is 0 Å². The number of benzene rings is 2. The van der Waals surface area contributed by atoms with Crippen LogP contribution in [0.25, 0.3) is 0 Å². The molecule has 2 aromatic carbocycles. The van der Waals surface area contributed by atoms with Gasteiger partial charge in [-0.15, -0.1) is 0 Å². The van der Waals surface area contributed by atoms with E-state index >= 15 is 0 Å². The van der Waals surface area contributed by atoms with Crippen LogP contribution in [0.2, 0.25) is 0 Å². The molecule has 0 spiro atoms. The molecule has 5 heteroatoms. The first kappa shape index (κ1) is 15.9. The largest absolute Gasteiger partial charge is 0.497 e. The number of hydrogen-bond acceptors (Lipinski definition) is 3. The summed E-state index contributed by atoms with van der Waals surface area (Å²) in [6.07, 6.45) is 0.577. The van der Waals surface area contributed by atoms with Crippen molar-refractivity contribution in [3.05, 3.63) is 60.2 Å². The number of ether oxygens (including phenoxy) is 1. The van der Waals surface area contributed by atoms with Gasteiger partial charge in [-0.1, -0.05) is 30.3 Å². The number of amides is 2. The summed E-state index contributed by atoms with van der Waals surface area (Å²) in [6, 6.07) is 16.1. The minimum absolute atomic E-state index is 0.120. The van der Waals surface area contributed by atoms with Crippen molar-refractivity contribution in [1.29, 1.82) is 0 Å². The fourth-order valence-electron chi connectivity index (χ4n) is 2.09. The summed E-state index contributed by atoms with van der Waals surface area (Å²) in [7, 11) is 1.59. The smallest absolute Gasteiger partial charge is 0.319 e. The van der Waals surface area contributed by atoms with Gasteiger partial charge in [-0.05, 0) is 36.2 Å². The summed E-state index contributed by atoms with van der Waals surface area (Å²) in [6.45, 7) is -0.120. The van der Waals surface area contributed by atoms with Gasteiger partial charge >= 0.3 is 6.03 Å². The van der Waals surface area contributed by atoms with Crippen molar-refractivity contribution in [2.45, 2.75) is 12.5 Å². The summed E-state index contributed by atoms with van der Waals surface area (Å²) < 4.78 is 5.06. The molecule has 22 heavy (non-hydrogen) atoms. The molecular weight excluding hydrogens is 280 g/mol. The highest BCUT2D eigenvalue weighted by atomic mass is 16.5.